The van der Waals surface area contributed by atoms with Gasteiger partial charge in [-0.1, -0.05) is 17.7 Å². The fraction of sp³-hybridized carbons (Fsp3) is 0.200. The largest absolute Gasteiger partial charge is 0.353 e. The highest BCUT2D eigenvalue weighted by atomic mass is 35.5. The molecule has 1 aliphatic rings. The minimum atomic E-state index is -0.344. The van der Waals surface area contributed by atoms with Crippen molar-refractivity contribution >= 4 is 23.0 Å². The van der Waals surface area contributed by atoms with Crippen LogP contribution >= 0.6 is 11.6 Å². The van der Waals surface area contributed by atoms with Crippen molar-refractivity contribution < 1.29 is 4.39 Å². The molecule has 0 aromatic heterocycles. The van der Waals surface area contributed by atoms with Crippen molar-refractivity contribution in [2.45, 2.75) is 13.0 Å². The quantitative estimate of drug-likeness (QED) is 0.870. The predicted octanol–water partition coefficient (Wildman–Crippen LogP) is 3.87. The summed E-state index contributed by atoms with van der Waals surface area (Å²) in [7, 11) is 0. The second kappa shape index (κ2) is 5.19. The molecule has 0 saturated heterocycles. The predicted molar refractivity (Wildman–Crippen MR) is 76.5 cm³/mol. The average molecular weight is 277 g/mol. The van der Waals surface area contributed by atoms with E-state index in [2.05, 4.69) is 22.8 Å². The van der Waals surface area contributed by atoms with Crippen molar-refractivity contribution in [1.82, 2.24) is 5.32 Å². The zero-order chi connectivity index (χ0) is 13.2. The lowest BCUT2D eigenvalue weighted by molar-refractivity contribution is 0.632. The molecular weight excluding hydrogens is 263 g/mol. The van der Waals surface area contributed by atoms with Gasteiger partial charge in [0.1, 0.15) is 5.82 Å². The van der Waals surface area contributed by atoms with Crippen LogP contribution in [0.5, 0.6) is 0 Å². The van der Waals surface area contributed by atoms with Crippen LogP contribution in [0.25, 0.3) is 0 Å². The summed E-state index contributed by atoms with van der Waals surface area (Å²) in [5.74, 6) is -0.344. The number of nitrogens with one attached hydrogen (secondary N) is 2. The number of hydrogen-bond donors (Lipinski definition) is 2. The second-order valence-electron chi connectivity index (χ2n) is 4.66. The molecule has 19 heavy (non-hydrogen) atoms. The first-order chi connectivity index (χ1) is 9.22. The van der Waals surface area contributed by atoms with E-state index in [1.54, 1.807) is 12.1 Å². The summed E-state index contributed by atoms with van der Waals surface area (Å²) in [6.45, 7) is 1.89. The molecule has 1 aliphatic heterocycles. The molecule has 4 heteroatoms. The molecule has 0 spiro atoms. The van der Waals surface area contributed by atoms with Crippen molar-refractivity contribution in [2.24, 2.45) is 0 Å². The first-order valence-corrected chi connectivity index (χ1v) is 6.65. The maximum atomic E-state index is 13.7. The van der Waals surface area contributed by atoms with Gasteiger partial charge in [0.25, 0.3) is 0 Å². The van der Waals surface area contributed by atoms with Crippen LogP contribution in [0.1, 0.15) is 11.1 Å². The summed E-state index contributed by atoms with van der Waals surface area (Å²) in [5.41, 5.74) is 3.96. The standard InChI is InChI=1S/C15H14ClFN2/c16-12-2-4-15(14(17)8-12)19-13-3-1-10-5-6-18-9-11(10)7-13/h1-4,7-8,18-19H,5-6,9H2. The van der Waals surface area contributed by atoms with Gasteiger partial charge in [0, 0.05) is 17.3 Å². The zero-order valence-corrected chi connectivity index (χ0v) is 11.1. The van der Waals surface area contributed by atoms with Gasteiger partial charge in [-0.25, -0.2) is 4.39 Å². The Balaban J connectivity index is 1.87. The summed E-state index contributed by atoms with van der Waals surface area (Å²) in [4.78, 5) is 0. The molecule has 0 bridgehead atoms. The number of fused-ring (bicyclic) bond motifs is 1. The smallest absolute Gasteiger partial charge is 0.148 e. The van der Waals surface area contributed by atoms with Crippen LogP contribution in [-0.4, -0.2) is 6.54 Å². The van der Waals surface area contributed by atoms with E-state index in [4.69, 9.17) is 11.6 Å². The normalized spacial score (nSPS) is 14.0. The summed E-state index contributed by atoms with van der Waals surface area (Å²) < 4.78 is 13.7. The molecule has 0 saturated carbocycles. The molecule has 0 aliphatic carbocycles. The molecular formula is C15H14ClFN2. The number of halogens is 2. The lowest BCUT2D eigenvalue weighted by Crippen LogP contribution is -2.23. The third kappa shape index (κ3) is 2.72. The lowest BCUT2D eigenvalue weighted by atomic mass is 10.0. The molecule has 98 valence electrons. The summed E-state index contributed by atoms with van der Waals surface area (Å²) >= 11 is 5.74. The molecule has 2 aromatic rings. The third-order valence-electron chi connectivity index (χ3n) is 3.30. The van der Waals surface area contributed by atoms with E-state index in [0.717, 1.165) is 25.2 Å². The number of rotatable bonds is 2. The highest BCUT2D eigenvalue weighted by Crippen LogP contribution is 2.25. The monoisotopic (exact) mass is 276 g/mol. The van der Waals surface area contributed by atoms with Crippen molar-refractivity contribution in [2.75, 3.05) is 11.9 Å². The van der Waals surface area contributed by atoms with E-state index in [1.807, 2.05) is 6.07 Å². The van der Waals surface area contributed by atoms with Gasteiger partial charge in [0.05, 0.1) is 5.69 Å². The Morgan fingerprint density at radius 2 is 2.00 bits per heavy atom. The van der Waals surface area contributed by atoms with Crippen molar-refractivity contribution in [3.63, 3.8) is 0 Å². The highest BCUT2D eigenvalue weighted by Gasteiger charge is 2.09. The summed E-state index contributed by atoms with van der Waals surface area (Å²) in [5, 5.41) is 6.82. The van der Waals surface area contributed by atoms with E-state index in [1.165, 1.54) is 17.2 Å². The topological polar surface area (TPSA) is 24.1 Å². The number of hydrogen-bond acceptors (Lipinski definition) is 2. The third-order valence-corrected chi connectivity index (χ3v) is 3.54. The number of benzene rings is 2. The molecule has 0 amide bonds. The molecule has 2 aromatic carbocycles. The van der Waals surface area contributed by atoms with Crippen LogP contribution in [0.2, 0.25) is 5.02 Å². The van der Waals surface area contributed by atoms with Gasteiger partial charge in [-0.3, -0.25) is 0 Å². The van der Waals surface area contributed by atoms with Crippen molar-refractivity contribution in [1.29, 1.82) is 0 Å². The lowest BCUT2D eigenvalue weighted by Gasteiger charge is -2.18. The first-order valence-electron chi connectivity index (χ1n) is 6.27. The Morgan fingerprint density at radius 3 is 2.84 bits per heavy atom. The molecule has 0 unspecified atom stereocenters. The van der Waals surface area contributed by atoms with Crippen LogP contribution < -0.4 is 10.6 Å². The first kappa shape index (κ1) is 12.5. The van der Waals surface area contributed by atoms with Crippen LogP contribution in [0, 0.1) is 5.82 Å². The van der Waals surface area contributed by atoms with Gasteiger partial charge in [-0.2, -0.15) is 0 Å². The fourth-order valence-corrected chi connectivity index (χ4v) is 2.46. The fourth-order valence-electron chi connectivity index (χ4n) is 2.30. The zero-order valence-electron chi connectivity index (χ0n) is 10.3. The molecule has 3 rings (SSSR count). The number of anilines is 2. The Kier molecular flexibility index (Phi) is 3.40. The SMILES string of the molecule is Fc1cc(Cl)ccc1Nc1ccc2c(c1)CNCC2. The summed E-state index contributed by atoms with van der Waals surface area (Å²) in [6.07, 6.45) is 1.05. The highest BCUT2D eigenvalue weighted by molar-refractivity contribution is 6.30. The minimum absolute atomic E-state index is 0.344. The molecule has 2 nitrogen and oxygen atoms in total. The van der Waals surface area contributed by atoms with Gasteiger partial charge in [-0.05, 0) is 54.4 Å². The van der Waals surface area contributed by atoms with Crippen molar-refractivity contribution in [3.8, 4) is 0 Å². The second-order valence-corrected chi connectivity index (χ2v) is 5.10. The molecule has 1 heterocycles. The molecule has 0 fully saturated rings. The van der Waals surface area contributed by atoms with Crippen molar-refractivity contribution in [3.05, 3.63) is 58.4 Å². The van der Waals surface area contributed by atoms with Crippen LogP contribution in [-0.2, 0) is 13.0 Å². The molecule has 0 radical (unpaired) electrons. The van der Waals surface area contributed by atoms with E-state index in [-0.39, 0.29) is 5.82 Å². The van der Waals surface area contributed by atoms with E-state index in [0.29, 0.717) is 10.7 Å². The maximum absolute atomic E-state index is 13.7. The van der Waals surface area contributed by atoms with E-state index < -0.39 is 0 Å². The Labute approximate surface area is 116 Å². The van der Waals surface area contributed by atoms with Crippen LogP contribution in [0.15, 0.2) is 36.4 Å². The Hall–Kier alpha value is -1.58. The van der Waals surface area contributed by atoms with Gasteiger partial charge in [0.15, 0.2) is 0 Å². The van der Waals surface area contributed by atoms with E-state index in [9.17, 15) is 4.39 Å². The average Bonchev–Trinajstić information content (AvgIpc) is 2.42. The van der Waals surface area contributed by atoms with E-state index >= 15 is 0 Å². The molecule has 0 atom stereocenters. The van der Waals surface area contributed by atoms with Crippen LogP contribution in [0.3, 0.4) is 0 Å². The van der Waals surface area contributed by atoms with Gasteiger partial charge in [-0.15, -0.1) is 0 Å². The Bertz CT molecular complexity index is 613. The summed E-state index contributed by atoms with van der Waals surface area (Å²) in [6, 6.07) is 10.8. The van der Waals surface area contributed by atoms with Gasteiger partial charge in [0.2, 0.25) is 0 Å². The molecule has 2 N–H and O–H groups in total. The van der Waals surface area contributed by atoms with Gasteiger partial charge >= 0.3 is 0 Å². The van der Waals surface area contributed by atoms with Gasteiger partial charge < -0.3 is 10.6 Å². The maximum Gasteiger partial charge on any atom is 0.148 e. The minimum Gasteiger partial charge on any atom is -0.353 e. The Morgan fingerprint density at radius 1 is 1.11 bits per heavy atom. The van der Waals surface area contributed by atoms with Crippen LogP contribution in [0.4, 0.5) is 15.8 Å².